The lowest BCUT2D eigenvalue weighted by molar-refractivity contribution is 0.208. The number of nitrogens with two attached hydrogens (primary N) is 1. The van der Waals surface area contributed by atoms with E-state index in [2.05, 4.69) is 12.0 Å². The number of hydrogen-bond acceptors (Lipinski definition) is 3. The molecule has 3 N–H and O–H groups in total. The van der Waals surface area contributed by atoms with Gasteiger partial charge in [-0.3, -0.25) is 4.68 Å². The number of benzene rings is 1. The van der Waals surface area contributed by atoms with Gasteiger partial charge in [0.15, 0.2) is 0 Å². The van der Waals surface area contributed by atoms with Crippen molar-refractivity contribution in [3.05, 3.63) is 46.7 Å². The zero-order chi connectivity index (χ0) is 13.1. The Labute approximate surface area is 111 Å². The first-order valence-corrected chi connectivity index (χ1v) is 6.26. The number of aliphatic hydroxyl groups excluding tert-OH is 1. The topological polar surface area (TPSA) is 64.1 Å². The van der Waals surface area contributed by atoms with E-state index >= 15 is 0 Å². The van der Waals surface area contributed by atoms with Gasteiger partial charge in [-0.05, 0) is 24.6 Å². The summed E-state index contributed by atoms with van der Waals surface area (Å²) in [6.45, 7) is 2.83. The lowest BCUT2D eigenvalue weighted by atomic mass is 10.0. The summed E-state index contributed by atoms with van der Waals surface area (Å²) in [5, 5.41) is 15.1. The van der Waals surface area contributed by atoms with Crippen LogP contribution in [0.5, 0.6) is 0 Å². The van der Waals surface area contributed by atoms with Crippen LogP contribution in [0.15, 0.2) is 30.5 Å². The summed E-state index contributed by atoms with van der Waals surface area (Å²) in [4.78, 5) is 0. The third-order valence-electron chi connectivity index (χ3n) is 2.81. The van der Waals surface area contributed by atoms with Gasteiger partial charge in [0.2, 0.25) is 0 Å². The molecule has 1 aromatic carbocycles. The summed E-state index contributed by atoms with van der Waals surface area (Å²) in [5.74, 6) is 0. The van der Waals surface area contributed by atoms with Crippen LogP contribution in [0.1, 0.15) is 30.7 Å². The molecule has 0 spiro atoms. The summed E-state index contributed by atoms with van der Waals surface area (Å²) in [6, 6.07) is 6.90. The molecule has 1 heterocycles. The molecular weight excluding hydrogens is 250 g/mol. The highest BCUT2D eigenvalue weighted by molar-refractivity contribution is 6.30. The van der Waals surface area contributed by atoms with E-state index in [1.54, 1.807) is 35.1 Å². The highest BCUT2D eigenvalue weighted by atomic mass is 35.5. The molecule has 0 radical (unpaired) electrons. The summed E-state index contributed by atoms with van der Waals surface area (Å²) in [5.41, 5.74) is 7.76. The average Bonchev–Trinajstić information content (AvgIpc) is 2.77. The number of hydrogen-bond donors (Lipinski definition) is 2. The quantitative estimate of drug-likeness (QED) is 0.836. The third-order valence-corrected chi connectivity index (χ3v) is 3.04. The molecule has 4 nitrogen and oxygen atoms in total. The maximum atomic E-state index is 10.4. The van der Waals surface area contributed by atoms with E-state index in [9.17, 15) is 5.11 Å². The molecule has 0 saturated heterocycles. The lowest BCUT2D eigenvalue weighted by Gasteiger charge is -2.15. The fourth-order valence-electron chi connectivity index (χ4n) is 1.93. The minimum Gasteiger partial charge on any atom is -0.398 e. The first kappa shape index (κ1) is 12.9. The van der Waals surface area contributed by atoms with Gasteiger partial charge in [0.05, 0.1) is 5.69 Å². The smallest absolute Gasteiger partial charge is 0.123 e. The zero-order valence-corrected chi connectivity index (χ0v) is 10.9. The normalized spacial score (nSPS) is 12.6. The van der Waals surface area contributed by atoms with Crippen molar-refractivity contribution in [2.75, 3.05) is 5.73 Å². The molecule has 0 saturated carbocycles. The number of aromatic nitrogens is 2. The van der Waals surface area contributed by atoms with Crippen LogP contribution in [0.25, 0.3) is 0 Å². The van der Waals surface area contributed by atoms with Crippen LogP contribution in [-0.4, -0.2) is 14.9 Å². The fourth-order valence-corrected chi connectivity index (χ4v) is 2.11. The van der Waals surface area contributed by atoms with Crippen LogP contribution in [0, 0.1) is 0 Å². The lowest BCUT2D eigenvalue weighted by Crippen LogP contribution is -2.11. The third kappa shape index (κ3) is 2.49. The number of aliphatic hydroxyl groups is 1. The van der Waals surface area contributed by atoms with E-state index in [0.717, 1.165) is 18.7 Å². The van der Waals surface area contributed by atoms with Crippen molar-refractivity contribution in [1.82, 2.24) is 9.78 Å². The second-order valence-electron chi connectivity index (χ2n) is 4.15. The number of nitrogens with zero attached hydrogens (tertiary/aromatic N) is 2. The molecule has 2 aromatic rings. The highest BCUT2D eigenvalue weighted by Crippen LogP contribution is 2.28. The van der Waals surface area contributed by atoms with Crippen LogP contribution < -0.4 is 5.73 Å². The van der Waals surface area contributed by atoms with E-state index < -0.39 is 6.10 Å². The van der Waals surface area contributed by atoms with E-state index in [4.69, 9.17) is 17.3 Å². The molecule has 1 aromatic heterocycles. The Kier molecular flexibility index (Phi) is 3.89. The molecule has 5 heteroatoms. The zero-order valence-electron chi connectivity index (χ0n) is 10.2. The predicted molar refractivity (Wildman–Crippen MR) is 72.4 cm³/mol. The molecule has 0 aliphatic rings. The van der Waals surface area contributed by atoms with Crippen molar-refractivity contribution in [2.45, 2.75) is 26.0 Å². The maximum absolute atomic E-state index is 10.4. The van der Waals surface area contributed by atoms with Crippen LogP contribution in [0.3, 0.4) is 0 Å². The summed E-state index contributed by atoms with van der Waals surface area (Å²) in [6.07, 6.45) is 1.86. The summed E-state index contributed by atoms with van der Waals surface area (Å²) in [7, 11) is 0. The number of rotatable bonds is 4. The second kappa shape index (κ2) is 5.42. The molecule has 0 bridgehead atoms. The average molecular weight is 266 g/mol. The number of nitrogen functional groups attached to an aromatic ring is 1. The Morgan fingerprint density at radius 2 is 2.22 bits per heavy atom. The number of halogens is 1. The summed E-state index contributed by atoms with van der Waals surface area (Å²) < 4.78 is 1.79. The minimum absolute atomic E-state index is 0.485. The molecule has 0 fully saturated rings. The molecule has 1 atom stereocenters. The van der Waals surface area contributed by atoms with E-state index in [0.29, 0.717) is 16.3 Å². The Morgan fingerprint density at radius 3 is 2.89 bits per heavy atom. The van der Waals surface area contributed by atoms with Gasteiger partial charge in [0, 0.05) is 29.0 Å². The van der Waals surface area contributed by atoms with Gasteiger partial charge in [-0.2, -0.15) is 5.10 Å². The van der Waals surface area contributed by atoms with Gasteiger partial charge >= 0.3 is 0 Å². The van der Waals surface area contributed by atoms with Crippen molar-refractivity contribution in [2.24, 2.45) is 0 Å². The first-order chi connectivity index (χ1) is 8.63. The van der Waals surface area contributed by atoms with Crippen molar-refractivity contribution < 1.29 is 5.11 Å². The van der Waals surface area contributed by atoms with Gasteiger partial charge in [0.1, 0.15) is 6.10 Å². The Morgan fingerprint density at radius 1 is 1.44 bits per heavy atom. The van der Waals surface area contributed by atoms with Gasteiger partial charge in [-0.1, -0.05) is 24.6 Å². The first-order valence-electron chi connectivity index (χ1n) is 5.88. The molecular formula is C13H16ClN3O. The predicted octanol–water partition coefficient (Wildman–Crippen LogP) is 2.61. The van der Waals surface area contributed by atoms with Gasteiger partial charge in [-0.25, -0.2) is 0 Å². The van der Waals surface area contributed by atoms with Crippen LogP contribution in [0.4, 0.5) is 5.69 Å². The SMILES string of the molecule is CCCn1nccc1C(O)c1ccc(Cl)cc1N. The molecule has 1 unspecified atom stereocenters. The molecule has 96 valence electrons. The molecule has 18 heavy (non-hydrogen) atoms. The van der Waals surface area contributed by atoms with Crippen molar-refractivity contribution >= 4 is 17.3 Å². The Bertz CT molecular complexity index is 539. The number of anilines is 1. The van der Waals surface area contributed by atoms with E-state index in [1.165, 1.54) is 0 Å². The van der Waals surface area contributed by atoms with Crippen molar-refractivity contribution in [3.8, 4) is 0 Å². The maximum Gasteiger partial charge on any atom is 0.123 e. The molecule has 0 amide bonds. The van der Waals surface area contributed by atoms with E-state index in [1.807, 2.05) is 0 Å². The monoisotopic (exact) mass is 265 g/mol. The summed E-state index contributed by atoms with van der Waals surface area (Å²) >= 11 is 5.85. The Hall–Kier alpha value is -1.52. The highest BCUT2D eigenvalue weighted by Gasteiger charge is 2.17. The van der Waals surface area contributed by atoms with Gasteiger partial charge in [-0.15, -0.1) is 0 Å². The molecule has 0 aliphatic heterocycles. The van der Waals surface area contributed by atoms with Gasteiger partial charge < -0.3 is 10.8 Å². The second-order valence-corrected chi connectivity index (χ2v) is 4.59. The van der Waals surface area contributed by atoms with Crippen LogP contribution in [0.2, 0.25) is 5.02 Å². The largest absolute Gasteiger partial charge is 0.398 e. The fraction of sp³-hybridized carbons (Fsp3) is 0.308. The number of aryl methyl sites for hydroxylation is 1. The van der Waals surface area contributed by atoms with Gasteiger partial charge in [0.25, 0.3) is 0 Å². The Balaban J connectivity index is 2.35. The molecule has 0 aliphatic carbocycles. The minimum atomic E-state index is -0.781. The van der Waals surface area contributed by atoms with Crippen LogP contribution in [-0.2, 0) is 6.54 Å². The van der Waals surface area contributed by atoms with E-state index in [-0.39, 0.29) is 0 Å². The standard InChI is InChI=1S/C13H16ClN3O/c1-2-7-17-12(5-6-16-17)13(18)10-4-3-9(14)8-11(10)15/h3-6,8,13,18H,2,7,15H2,1H3. The van der Waals surface area contributed by atoms with Crippen molar-refractivity contribution in [3.63, 3.8) is 0 Å². The van der Waals surface area contributed by atoms with Crippen LogP contribution >= 0.6 is 11.6 Å². The molecule has 2 rings (SSSR count). The van der Waals surface area contributed by atoms with Crippen molar-refractivity contribution in [1.29, 1.82) is 0 Å².